The Morgan fingerprint density at radius 1 is 0.789 bits per heavy atom. The third-order valence-corrected chi connectivity index (χ3v) is 3.76. The van der Waals surface area contributed by atoms with Gasteiger partial charge in [0.25, 0.3) is 0 Å². The minimum absolute atomic E-state index is 0.833. The average Bonchev–Trinajstić information content (AvgIpc) is 2.42. The SMILES string of the molecule is Brc1ccc(Nc2ccc3cc(Br)ccc3c2)nc1. The fourth-order valence-electron chi connectivity index (χ4n) is 1.89. The number of halogens is 2. The molecule has 2 aromatic carbocycles. The number of nitrogens with zero attached hydrogens (tertiary/aromatic N) is 1. The Labute approximate surface area is 128 Å². The molecule has 0 aliphatic heterocycles. The molecule has 0 amide bonds. The lowest BCUT2D eigenvalue weighted by molar-refractivity contribution is 1.29. The minimum atomic E-state index is 0.833. The molecule has 0 bridgehead atoms. The van der Waals surface area contributed by atoms with Crippen molar-refractivity contribution in [1.29, 1.82) is 0 Å². The molecule has 4 heteroatoms. The van der Waals surface area contributed by atoms with E-state index in [2.05, 4.69) is 72.5 Å². The standard InChI is InChI=1S/C15H10Br2N2/c16-12-3-1-11-8-14(5-2-10(11)7-12)19-15-6-4-13(17)9-18-15/h1-9H,(H,18,19). The number of fused-ring (bicyclic) bond motifs is 1. The van der Waals surface area contributed by atoms with Crippen molar-refractivity contribution in [2.24, 2.45) is 0 Å². The lowest BCUT2D eigenvalue weighted by atomic mass is 10.1. The van der Waals surface area contributed by atoms with Crippen LogP contribution < -0.4 is 5.32 Å². The van der Waals surface area contributed by atoms with Gasteiger partial charge in [0, 0.05) is 20.8 Å². The molecule has 1 N–H and O–H groups in total. The predicted molar refractivity (Wildman–Crippen MR) is 86.9 cm³/mol. The van der Waals surface area contributed by atoms with Gasteiger partial charge in [-0.05, 0) is 63.1 Å². The van der Waals surface area contributed by atoms with E-state index in [0.717, 1.165) is 20.5 Å². The summed E-state index contributed by atoms with van der Waals surface area (Å²) in [6.45, 7) is 0. The van der Waals surface area contributed by atoms with E-state index in [4.69, 9.17) is 0 Å². The normalized spacial score (nSPS) is 10.6. The van der Waals surface area contributed by atoms with Gasteiger partial charge in [0.15, 0.2) is 0 Å². The lowest BCUT2D eigenvalue weighted by Crippen LogP contribution is -1.92. The van der Waals surface area contributed by atoms with E-state index in [1.54, 1.807) is 6.20 Å². The van der Waals surface area contributed by atoms with E-state index in [1.807, 2.05) is 18.2 Å². The van der Waals surface area contributed by atoms with Crippen molar-refractivity contribution >= 4 is 54.1 Å². The van der Waals surface area contributed by atoms with Crippen LogP contribution in [0, 0.1) is 0 Å². The van der Waals surface area contributed by atoms with Crippen LogP contribution in [0.2, 0.25) is 0 Å². The molecule has 0 unspecified atom stereocenters. The van der Waals surface area contributed by atoms with Crippen LogP contribution in [0.5, 0.6) is 0 Å². The van der Waals surface area contributed by atoms with E-state index < -0.39 is 0 Å². The molecule has 2 nitrogen and oxygen atoms in total. The maximum Gasteiger partial charge on any atom is 0.130 e. The Bertz CT molecular complexity index is 724. The summed E-state index contributed by atoms with van der Waals surface area (Å²) < 4.78 is 2.07. The highest BCUT2D eigenvalue weighted by molar-refractivity contribution is 9.10. The van der Waals surface area contributed by atoms with Gasteiger partial charge in [-0.15, -0.1) is 0 Å². The van der Waals surface area contributed by atoms with E-state index in [1.165, 1.54) is 10.8 Å². The quantitative estimate of drug-likeness (QED) is 0.637. The second-order valence-corrected chi connectivity index (χ2v) is 6.02. The number of hydrogen-bond acceptors (Lipinski definition) is 2. The molecule has 3 rings (SSSR count). The van der Waals surface area contributed by atoms with Crippen molar-refractivity contribution in [3.63, 3.8) is 0 Å². The molecule has 1 aromatic heterocycles. The monoisotopic (exact) mass is 376 g/mol. The van der Waals surface area contributed by atoms with Gasteiger partial charge in [-0.1, -0.05) is 28.1 Å². The van der Waals surface area contributed by atoms with Gasteiger partial charge in [-0.3, -0.25) is 0 Å². The maximum absolute atomic E-state index is 4.30. The second kappa shape index (κ2) is 5.31. The first-order valence-electron chi connectivity index (χ1n) is 5.79. The number of benzene rings is 2. The van der Waals surface area contributed by atoms with E-state index in [-0.39, 0.29) is 0 Å². The van der Waals surface area contributed by atoms with Gasteiger partial charge in [0.1, 0.15) is 5.82 Å². The highest BCUT2D eigenvalue weighted by Gasteiger charge is 1.99. The van der Waals surface area contributed by atoms with Crippen molar-refractivity contribution in [3.05, 3.63) is 63.7 Å². The third kappa shape index (κ3) is 2.96. The van der Waals surface area contributed by atoms with Crippen LogP contribution in [0.3, 0.4) is 0 Å². The predicted octanol–water partition coefficient (Wildman–Crippen LogP) is 5.50. The largest absolute Gasteiger partial charge is 0.340 e. The van der Waals surface area contributed by atoms with E-state index in [9.17, 15) is 0 Å². The van der Waals surface area contributed by atoms with Crippen LogP contribution in [-0.4, -0.2) is 4.98 Å². The molecule has 0 aliphatic carbocycles. The first-order valence-corrected chi connectivity index (χ1v) is 7.37. The van der Waals surface area contributed by atoms with Crippen LogP contribution in [0.1, 0.15) is 0 Å². The van der Waals surface area contributed by atoms with E-state index >= 15 is 0 Å². The average molecular weight is 378 g/mol. The molecular formula is C15H10Br2N2. The van der Waals surface area contributed by atoms with Crippen LogP contribution in [0.25, 0.3) is 10.8 Å². The van der Waals surface area contributed by atoms with Crippen molar-refractivity contribution < 1.29 is 0 Å². The van der Waals surface area contributed by atoms with Gasteiger partial charge in [0.05, 0.1) is 0 Å². The third-order valence-electron chi connectivity index (χ3n) is 2.80. The second-order valence-electron chi connectivity index (χ2n) is 4.19. The van der Waals surface area contributed by atoms with Crippen molar-refractivity contribution in [3.8, 4) is 0 Å². The molecular weight excluding hydrogens is 368 g/mol. The first kappa shape index (κ1) is 12.6. The zero-order chi connectivity index (χ0) is 13.2. The molecule has 19 heavy (non-hydrogen) atoms. The Morgan fingerprint density at radius 3 is 2.32 bits per heavy atom. The zero-order valence-corrected chi connectivity index (χ0v) is 13.1. The minimum Gasteiger partial charge on any atom is -0.340 e. The molecule has 0 radical (unpaired) electrons. The molecule has 0 atom stereocenters. The Hall–Kier alpha value is -1.39. The summed E-state index contributed by atoms with van der Waals surface area (Å²) in [6.07, 6.45) is 1.78. The van der Waals surface area contributed by atoms with Gasteiger partial charge in [0.2, 0.25) is 0 Å². The zero-order valence-electron chi connectivity index (χ0n) is 9.90. The molecule has 1 heterocycles. The molecule has 0 fully saturated rings. The Morgan fingerprint density at radius 2 is 1.53 bits per heavy atom. The number of hydrogen-bond donors (Lipinski definition) is 1. The maximum atomic E-state index is 4.30. The van der Waals surface area contributed by atoms with Gasteiger partial charge in [-0.2, -0.15) is 0 Å². The Kier molecular flexibility index (Phi) is 3.53. The van der Waals surface area contributed by atoms with Crippen LogP contribution in [0.4, 0.5) is 11.5 Å². The van der Waals surface area contributed by atoms with Gasteiger partial charge >= 0.3 is 0 Å². The van der Waals surface area contributed by atoms with Crippen LogP contribution >= 0.6 is 31.9 Å². The molecule has 0 aliphatic rings. The summed E-state index contributed by atoms with van der Waals surface area (Å²) in [6, 6.07) is 16.4. The fraction of sp³-hybridized carbons (Fsp3) is 0. The highest BCUT2D eigenvalue weighted by Crippen LogP contribution is 2.24. The molecule has 0 spiro atoms. The molecule has 3 aromatic rings. The number of pyridine rings is 1. The van der Waals surface area contributed by atoms with Crippen molar-refractivity contribution in [2.45, 2.75) is 0 Å². The number of rotatable bonds is 2. The molecule has 0 saturated carbocycles. The summed E-state index contributed by atoms with van der Waals surface area (Å²) in [4.78, 5) is 4.30. The van der Waals surface area contributed by atoms with Crippen LogP contribution in [-0.2, 0) is 0 Å². The lowest BCUT2D eigenvalue weighted by Gasteiger charge is -2.07. The molecule has 94 valence electrons. The fourth-order valence-corrected chi connectivity index (χ4v) is 2.51. The van der Waals surface area contributed by atoms with Gasteiger partial charge in [-0.25, -0.2) is 4.98 Å². The topological polar surface area (TPSA) is 24.9 Å². The van der Waals surface area contributed by atoms with Crippen molar-refractivity contribution in [2.75, 3.05) is 5.32 Å². The summed E-state index contributed by atoms with van der Waals surface area (Å²) in [7, 11) is 0. The first-order chi connectivity index (χ1) is 9.20. The summed E-state index contributed by atoms with van der Waals surface area (Å²) in [5.41, 5.74) is 1.03. The Balaban J connectivity index is 1.93. The molecule has 0 saturated heterocycles. The number of nitrogens with one attached hydrogen (secondary N) is 1. The highest BCUT2D eigenvalue weighted by atomic mass is 79.9. The number of aromatic nitrogens is 1. The number of anilines is 2. The van der Waals surface area contributed by atoms with Crippen LogP contribution in [0.15, 0.2) is 63.7 Å². The smallest absolute Gasteiger partial charge is 0.130 e. The summed E-state index contributed by atoms with van der Waals surface area (Å²) in [5, 5.41) is 5.71. The van der Waals surface area contributed by atoms with Crippen molar-refractivity contribution in [1.82, 2.24) is 4.98 Å². The van der Waals surface area contributed by atoms with Gasteiger partial charge < -0.3 is 5.32 Å². The summed E-state index contributed by atoms with van der Waals surface area (Å²) >= 11 is 6.86. The van der Waals surface area contributed by atoms with E-state index in [0.29, 0.717) is 0 Å². The summed E-state index contributed by atoms with van der Waals surface area (Å²) in [5.74, 6) is 0.833.